The van der Waals surface area contributed by atoms with Gasteiger partial charge in [-0.15, -0.1) is 0 Å². The molecule has 0 aliphatic carbocycles. The van der Waals surface area contributed by atoms with Crippen molar-refractivity contribution in [2.75, 3.05) is 31.1 Å². The molecule has 4 rings (SSSR count). The van der Waals surface area contributed by atoms with Crippen molar-refractivity contribution >= 4 is 11.7 Å². The molecule has 22 heavy (non-hydrogen) atoms. The van der Waals surface area contributed by atoms with E-state index in [4.69, 9.17) is 0 Å². The number of anilines is 1. The van der Waals surface area contributed by atoms with Gasteiger partial charge in [0, 0.05) is 49.7 Å². The zero-order valence-corrected chi connectivity index (χ0v) is 12.1. The predicted octanol–water partition coefficient (Wildman–Crippen LogP) is 1.04. The van der Waals surface area contributed by atoms with E-state index in [0.29, 0.717) is 0 Å². The van der Waals surface area contributed by atoms with Crippen LogP contribution < -0.4 is 10.2 Å². The molecule has 2 aromatic rings. The molecule has 112 valence electrons. The molecule has 1 saturated heterocycles. The van der Waals surface area contributed by atoms with Gasteiger partial charge >= 0.3 is 0 Å². The Morgan fingerprint density at radius 3 is 2.68 bits per heavy atom. The van der Waals surface area contributed by atoms with Crippen LogP contribution in [0.25, 0.3) is 0 Å². The second-order valence-electron chi connectivity index (χ2n) is 5.55. The lowest BCUT2D eigenvalue weighted by Crippen LogP contribution is -2.50. The summed E-state index contributed by atoms with van der Waals surface area (Å²) < 4.78 is 0. The molecule has 3 heterocycles. The van der Waals surface area contributed by atoms with E-state index in [9.17, 15) is 4.79 Å². The third-order valence-electron chi connectivity index (χ3n) is 4.32. The SMILES string of the molecule is O=C1NC(N2CCN(c3cnccn3)CC2)c2ccccc21. The Morgan fingerprint density at radius 2 is 1.91 bits per heavy atom. The Hall–Kier alpha value is -2.47. The Balaban J connectivity index is 1.48. The van der Waals surface area contributed by atoms with E-state index in [-0.39, 0.29) is 12.1 Å². The summed E-state index contributed by atoms with van der Waals surface area (Å²) in [6.07, 6.45) is 5.19. The maximum Gasteiger partial charge on any atom is 0.253 e. The number of hydrogen-bond donors (Lipinski definition) is 1. The van der Waals surface area contributed by atoms with E-state index >= 15 is 0 Å². The lowest BCUT2D eigenvalue weighted by atomic mass is 10.1. The van der Waals surface area contributed by atoms with E-state index in [0.717, 1.165) is 43.1 Å². The number of aromatic nitrogens is 2. The Kier molecular flexibility index (Phi) is 3.23. The van der Waals surface area contributed by atoms with Crippen molar-refractivity contribution in [3.8, 4) is 0 Å². The first-order chi connectivity index (χ1) is 10.8. The van der Waals surface area contributed by atoms with Gasteiger partial charge in [-0.2, -0.15) is 0 Å². The molecule has 6 heteroatoms. The fourth-order valence-electron chi connectivity index (χ4n) is 3.17. The molecule has 1 unspecified atom stereocenters. The molecule has 2 aliphatic rings. The van der Waals surface area contributed by atoms with Crippen LogP contribution in [0.1, 0.15) is 22.1 Å². The summed E-state index contributed by atoms with van der Waals surface area (Å²) in [6, 6.07) is 7.82. The highest BCUT2D eigenvalue weighted by molar-refractivity contribution is 5.99. The zero-order chi connectivity index (χ0) is 14.9. The van der Waals surface area contributed by atoms with Gasteiger partial charge in [0.25, 0.3) is 5.91 Å². The number of carbonyl (C=O) groups is 1. The summed E-state index contributed by atoms with van der Waals surface area (Å²) in [5.41, 5.74) is 1.88. The third kappa shape index (κ3) is 2.21. The molecule has 1 atom stereocenters. The molecule has 6 nitrogen and oxygen atoms in total. The first-order valence-corrected chi connectivity index (χ1v) is 7.48. The largest absolute Gasteiger partial charge is 0.353 e. The summed E-state index contributed by atoms with van der Waals surface area (Å²) in [4.78, 5) is 25.1. The Labute approximate surface area is 128 Å². The van der Waals surface area contributed by atoms with Crippen molar-refractivity contribution in [1.82, 2.24) is 20.2 Å². The number of hydrogen-bond acceptors (Lipinski definition) is 5. The first kappa shape index (κ1) is 13.2. The van der Waals surface area contributed by atoms with Crippen LogP contribution in [0.3, 0.4) is 0 Å². The van der Waals surface area contributed by atoms with Crippen LogP contribution in [0.5, 0.6) is 0 Å². The van der Waals surface area contributed by atoms with Crippen LogP contribution in [-0.4, -0.2) is 47.0 Å². The molecule has 1 aromatic carbocycles. The minimum Gasteiger partial charge on any atom is -0.353 e. The van der Waals surface area contributed by atoms with Gasteiger partial charge < -0.3 is 10.2 Å². The lowest BCUT2D eigenvalue weighted by molar-refractivity contribution is 0.0887. The predicted molar refractivity (Wildman–Crippen MR) is 82.5 cm³/mol. The fourth-order valence-corrected chi connectivity index (χ4v) is 3.17. The van der Waals surface area contributed by atoms with Crippen molar-refractivity contribution in [1.29, 1.82) is 0 Å². The zero-order valence-electron chi connectivity index (χ0n) is 12.1. The van der Waals surface area contributed by atoms with Crippen LogP contribution in [0, 0.1) is 0 Å². The molecule has 0 spiro atoms. The van der Waals surface area contributed by atoms with Crippen LogP contribution in [0.4, 0.5) is 5.82 Å². The van der Waals surface area contributed by atoms with Gasteiger partial charge in [-0.05, 0) is 6.07 Å². The van der Waals surface area contributed by atoms with Gasteiger partial charge in [0.05, 0.1) is 6.20 Å². The normalized spacial score (nSPS) is 21.5. The molecule has 1 amide bonds. The first-order valence-electron chi connectivity index (χ1n) is 7.48. The standard InChI is InChI=1S/C16H17N5O/c22-16-13-4-2-1-3-12(13)15(19-16)21-9-7-20(8-10-21)14-11-17-5-6-18-14/h1-6,11,15H,7-10H2,(H,19,22). The minimum atomic E-state index is -0.00675. The molecule has 2 aliphatic heterocycles. The number of carbonyl (C=O) groups excluding carboxylic acids is 1. The maximum absolute atomic E-state index is 12.0. The second kappa shape index (κ2) is 5.38. The highest BCUT2D eigenvalue weighted by atomic mass is 16.2. The van der Waals surface area contributed by atoms with E-state index in [1.807, 2.05) is 24.3 Å². The Bertz CT molecular complexity index is 682. The van der Waals surface area contributed by atoms with Crippen molar-refractivity contribution in [3.63, 3.8) is 0 Å². The van der Waals surface area contributed by atoms with Gasteiger partial charge in [0.2, 0.25) is 0 Å². The summed E-state index contributed by atoms with van der Waals surface area (Å²) in [7, 11) is 0. The van der Waals surface area contributed by atoms with Crippen molar-refractivity contribution in [3.05, 3.63) is 54.0 Å². The van der Waals surface area contributed by atoms with Crippen LogP contribution >= 0.6 is 0 Å². The van der Waals surface area contributed by atoms with Crippen LogP contribution in [0.2, 0.25) is 0 Å². The third-order valence-corrected chi connectivity index (χ3v) is 4.32. The minimum absolute atomic E-state index is 0.00675. The van der Waals surface area contributed by atoms with E-state index in [1.165, 1.54) is 0 Å². The highest BCUT2D eigenvalue weighted by Crippen LogP contribution is 2.29. The van der Waals surface area contributed by atoms with Crippen molar-refractivity contribution < 1.29 is 4.79 Å². The lowest BCUT2D eigenvalue weighted by Gasteiger charge is -2.38. The molecule has 1 aromatic heterocycles. The monoisotopic (exact) mass is 295 g/mol. The fraction of sp³-hybridized carbons (Fsp3) is 0.312. The van der Waals surface area contributed by atoms with Crippen LogP contribution in [-0.2, 0) is 0 Å². The van der Waals surface area contributed by atoms with E-state index in [2.05, 4.69) is 25.1 Å². The molecule has 1 fully saturated rings. The number of nitrogens with zero attached hydrogens (tertiary/aromatic N) is 4. The van der Waals surface area contributed by atoms with Crippen molar-refractivity contribution in [2.24, 2.45) is 0 Å². The maximum atomic E-state index is 12.0. The van der Waals surface area contributed by atoms with E-state index < -0.39 is 0 Å². The van der Waals surface area contributed by atoms with Gasteiger partial charge in [-0.25, -0.2) is 4.98 Å². The smallest absolute Gasteiger partial charge is 0.253 e. The quantitative estimate of drug-likeness (QED) is 0.897. The van der Waals surface area contributed by atoms with E-state index in [1.54, 1.807) is 18.6 Å². The average molecular weight is 295 g/mol. The number of rotatable bonds is 2. The number of nitrogens with one attached hydrogen (secondary N) is 1. The molecule has 0 radical (unpaired) electrons. The summed E-state index contributed by atoms with van der Waals surface area (Å²) >= 11 is 0. The molecular weight excluding hydrogens is 278 g/mol. The summed E-state index contributed by atoms with van der Waals surface area (Å²) in [6.45, 7) is 3.53. The molecule has 1 N–H and O–H groups in total. The highest BCUT2D eigenvalue weighted by Gasteiger charge is 2.34. The molecule has 0 saturated carbocycles. The molecular formula is C16H17N5O. The average Bonchev–Trinajstić information content (AvgIpc) is 2.93. The van der Waals surface area contributed by atoms with Gasteiger partial charge in [-0.1, -0.05) is 18.2 Å². The Morgan fingerprint density at radius 1 is 1.09 bits per heavy atom. The summed E-state index contributed by atoms with van der Waals surface area (Å²) in [5, 5.41) is 3.08. The molecule has 0 bridgehead atoms. The number of benzene rings is 1. The number of amides is 1. The van der Waals surface area contributed by atoms with Crippen LogP contribution in [0.15, 0.2) is 42.9 Å². The second-order valence-corrected chi connectivity index (χ2v) is 5.55. The van der Waals surface area contributed by atoms with Gasteiger partial charge in [0.15, 0.2) is 0 Å². The van der Waals surface area contributed by atoms with Gasteiger partial charge in [0.1, 0.15) is 12.0 Å². The van der Waals surface area contributed by atoms with Gasteiger partial charge in [-0.3, -0.25) is 14.7 Å². The van der Waals surface area contributed by atoms with Crippen molar-refractivity contribution in [2.45, 2.75) is 6.17 Å². The summed E-state index contributed by atoms with van der Waals surface area (Å²) in [5.74, 6) is 0.940. The topological polar surface area (TPSA) is 61.4 Å². The number of fused-ring (bicyclic) bond motifs is 1. The number of piperazine rings is 1.